The average molecular weight is 341 g/mol. The predicted molar refractivity (Wildman–Crippen MR) is 75.6 cm³/mol. The van der Waals surface area contributed by atoms with Crippen molar-refractivity contribution in [2.45, 2.75) is 19.9 Å². The molecule has 0 fully saturated rings. The van der Waals surface area contributed by atoms with Crippen molar-refractivity contribution in [1.82, 2.24) is 20.1 Å². The van der Waals surface area contributed by atoms with Gasteiger partial charge in [-0.15, -0.1) is 10.2 Å². The monoisotopic (exact) mass is 340 g/mol. The topological polar surface area (TPSA) is 59.8 Å². The molecule has 20 heavy (non-hydrogen) atoms. The molecule has 1 amide bonds. The summed E-state index contributed by atoms with van der Waals surface area (Å²) < 4.78 is 16.1. The summed E-state index contributed by atoms with van der Waals surface area (Å²) in [5.74, 6) is 0.197. The highest BCUT2D eigenvalue weighted by molar-refractivity contribution is 9.10. The van der Waals surface area contributed by atoms with Gasteiger partial charge >= 0.3 is 0 Å². The first-order valence-corrected chi connectivity index (χ1v) is 6.90. The minimum absolute atomic E-state index is 0.0203. The van der Waals surface area contributed by atoms with Crippen LogP contribution in [0.4, 0.5) is 4.39 Å². The summed E-state index contributed by atoms with van der Waals surface area (Å²) in [5.41, 5.74) is 0.373. The van der Waals surface area contributed by atoms with E-state index in [-0.39, 0.29) is 18.1 Å². The molecular formula is C13H14BrFN4O. The molecule has 5 nitrogen and oxygen atoms in total. The number of aromatic nitrogens is 3. The second-order valence-corrected chi connectivity index (χ2v) is 5.25. The van der Waals surface area contributed by atoms with Crippen molar-refractivity contribution in [2.24, 2.45) is 0 Å². The van der Waals surface area contributed by atoms with Gasteiger partial charge in [0.1, 0.15) is 18.0 Å². The molecule has 1 aromatic heterocycles. The van der Waals surface area contributed by atoms with E-state index in [0.717, 1.165) is 10.3 Å². The average Bonchev–Trinajstić information content (AvgIpc) is 2.80. The summed E-state index contributed by atoms with van der Waals surface area (Å²) in [6.45, 7) is 2.88. The Balaban J connectivity index is 1.84. The SMILES string of the molecule is Cc1nncn1CCNC(=O)Cc1cc(Br)ccc1F. The standard InChI is InChI=1S/C13H14BrFN4O/c1-9-18-17-8-19(9)5-4-16-13(20)7-10-6-11(14)2-3-12(10)15/h2-3,6,8H,4-5,7H2,1H3,(H,16,20). The Morgan fingerprint density at radius 2 is 2.30 bits per heavy atom. The van der Waals surface area contributed by atoms with Gasteiger partial charge in [-0.05, 0) is 30.7 Å². The van der Waals surface area contributed by atoms with Gasteiger partial charge in [0.05, 0.1) is 6.42 Å². The Morgan fingerprint density at radius 1 is 1.50 bits per heavy atom. The Labute approximate surface area is 124 Å². The lowest BCUT2D eigenvalue weighted by Crippen LogP contribution is -2.29. The number of hydrogen-bond donors (Lipinski definition) is 1. The number of carbonyl (C=O) groups is 1. The summed E-state index contributed by atoms with van der Waals surface area (Å²) in [6.07, 6.45) is 1.63. The van der Waals surface area contributed by atoms with Gasteiger partial charge in [0.25, 0.3) is 0 Å². The number of nitrogens with zero attached hydrogens (tertiary/aromatic N) is 3. The van der Waals surface area contributed by atoms with Gasteiger partial charge in [-0.1, -0.05) is 15.9 Å². The van der Waals surface area contributed by atoms with Crippen LogP contribution in [-0.2, 0) is 17.8 Å². The molecule has 2 rings (SSSR count). The van der Waals surface area contributed by atoms with Crippen LogP contribution in [0.5, 0.6) is 0 Å². The summed E-state index contributed by atoms with van der Waals surface area (Å²) in [4.78, 5) is 11.8. The molecule has 0 atom stereocenters. The van der Waals surface area contributed by atoms with E-state index in [2.05, 4.69) is 31.4 Å². The second kappa shape index (κ2) is 6.60. The van der Waals surface area contributed by atoms with Crippen molar-refractivity contribution in [3.63, 3.8) is 0 Å². The molecule has 0 aliphatic carbocycles. The number of benzene rings is 1. The van der Waals surface area contributed by atoms with Gasteiger partial charge in [-0.3, -0.25) is 4.79 Å². The fourth-order valence-electron chi connectivity index (χ4n) is 1.76. The zero-order chi connectivity index (χ0) is 14.5. The molecule has 0 saturated heterocycles. The number of hydrogen-bond acceptors (Lipinski definition) is 3. The molecule has 106 valence electrons. The van der Waals surface area contributed by atoms with Gasteiger partial charge in [0.2, 0.25) is 5.91 Å². The van der Waals surface area contributed by atoms with Crippen LogP contribution in [0.25, 0.3) is 0 Å². The van der Waals surface area contributed by atoms with Crippen LogP contribution in [-0.4, -0.2) is 27.2 Å². The molecule has 0 saturated carbocycles. The van der Waals surface area contributed by atoms with E-state index in [1.165, 1.54) is 6.07 Å². The van der Waals surface area contributed by atoms with Gasteiger partial charge in [0.15, 0.2) is 0 Å². The molecule has 0 aliphatic heterocycles. The van der Waals surface area contributed by atoms with Crippen LogP contribution in [0, 0.1) is 12.7 Å². The minimum Gasteiger partial charge on any atom is -0.354 e. The van der Waals surface area contributed by atoms with Crippen molar-refractivity contribution in [2.75, 3.05) is 6.54 Å². The highest BCUT2D eigenvalue weighted by Gasteiger charge is 2.08. The predicted octanol–water partition coefficient (Wildman–Crippen LogP) is 1.85. The van der Waals surface area contributed by atoms with Crippen LogP contribution in [0.2, 0.25) is 0 Å². The number of amides is 1. The van der Waals surface area contributed by atoms with E-state index >= 15 is 0 Å². The molecule has 0 aliphatic rings. The molecule has 1 aromatic carbocycles. The van der Waals surface area contributed by atoms with E-state index in [9.17, 15) is 9.18 Å². The Morgan fingerprint density at radius 3 is 3.00 bits per heavy atom. The summed E-state index contributed by atoms with van der Waals surface area (Å²) in [6, 6.07) is 4.55. The number of carbonyl (C=O) groups excluding carboxylic acids is 1. The molecule has 1 heterocycles. The van der Waals surface area contributed by atoms with Crippen LogP contribution in [0.15, 0.2) is 29.0 Å². The smallest absolute Gasteiger partial charge is 0.224 e. The van der Waals surface area contributed by atoms with E-state index in [1.807, 2.05) is 11.5 Å². The highest BCUT2D eigenvalue weighted by Crippen LogP contribution is 2.15. The number of rotatable bonds is 5. The zero-order valence-corrected chi connectivity index (χ0v) is 12.5. The summed E-state index contributed by atoms with van der Waals surface area (Å²) in [5, 5.41) is 10.3. The molecule has 0 radical (unpaired) electrons. The third-order valence-corrected chi connectivity index (χ3v) is 3.34. The molecule has 2 aromatic rings. The van der Waals surface area contributed by atoms with Crippen LogP contribution in [0.3, 0.4) is 0 Å². The Kier molecular flexibility index (Phi) is 4.84. The van der Waals surface area contributed by atoms with Crippen LogP contribution in [0.1, 0.15) is 11.4 Å². The van der Waals surface area contributed by atoms with Crippen molar-refractivity contribution in [3.05, 3.63) is 46.2 Å². The van der Waals surface area contributed by atoms with Crippen LogP contribution < -0.4 is 5.32 Å². The molecule has 0 bridgehead atoms. The largest absolute Gasteiger partial charge is 0.354 e. The van der Waals surface area contributed by atoms with Crippen molar-refractivity contribution >= 4 is 21.8 Å². The van der Waals surface area contributed by atoms with Gasteiger partial charge < -0.3 is 9.88 Å². The Hall–Kier alpha value is -1.76. The number of aryl methyl sites for hydroxylation is 1. The molecule has 1 N–H and O–H groups in total. The zero-order valence-electron chi connectivity index (χ0n) is 10.9. The molecule has 0 unspecified atom stereocenters. The first kappa shape index (κ1) is 14.6. The second-order valence-electron chi connectivity index (χ2n) is 4.33. The number of halogens is 2. The maximum atomic E-state index is 13.5. The maximum absolute atomic E-state index is 13.5. The fourth-order valence-corrected chi connectivity index (χ4v) is 2.17. The van der Waals surface area contributed by atoms with E-state index in [1.54, 1.807) is 18.5 Å². The van der Waals surface area contributed by atoms with Crippen molar-refractivity contribution < 1.29 is 9.18 Å². The lowest BCUT2D eigenvalue weighted by Gasteiger charge is -2.07. The summed E-state index contributed by atoms with van der Waals surface area (Å²) >= 11 is 3.26. The first-order chi connectivity index (χ1) is 9.56. The van der Waals surface area contributed by atoms with Gasteiger partial charge in [-0.2, -0.15) is 0 Å². The Bertz CT molecular complexity index is 614. The molecular weight excluding hydrogens is 327 g/mol. The van der Waals surface area contributed by atoms with E-state index in [4.69, 9.17) is 0 Å². The fraction of sp³-hybridized carbons (Fsp3) is 0.308. The summed E-state index contributed by atoms with van der Waals surface area (Å²) in [7, 11) is 0. The number of nitrogens with one attached hydrogen (secondary N) is 1. The van der Waals surface area contributed by atoms with Crippen LogP contribution >= 0.6 is 15.9 Å². The third-order valence-electron chi connectivity index (χ3n) is 2.84. The van der Waals surface area contributed by atoms with Gasteiger partial charge in [0, 0.05) is 17.6 Å². The minimum atomic E-state index is -0.377. The van der Waals surface area contributed by atoms with E-state index < -0.39 is 0 Å². The lowest BCUT2D eigenvalue weighted by molar-refractivity contribution is -0.120. The van der Waals surface area contributed by atoms with Gasteiger partial charge in [-0.25, -0.2) is 4.39 Å². The lowest BCUT2D eigenvalue weighted by atomic mass is 10.1. The van der Waals surface area contributed by atoms with E-state index in [0.29, 0.717) is 18.7 Å². The third kappa shape index (κ3) is 3.86. The molecule has 0 spiro atoms. The normalized spacial score (nSPS) is 10.6. The van der Waals surface area contributed by atoms with Crippen molar-refractivity contribution in [3.8, 4) is 0 Å². The molecule has 7 heteroatoms. The maximum Gasteiger partial charge on any atom is 0.224 e. The first-order valence-electron chi connectivity index (χ1n) is 6.11. The quantitative estimate of drug-likeness (QED) is 0.903. The highest BCUT2D eigenvalue weighted by atomic mass is 79.9. The van der Waals surface area contributed by atoms with Crippen molar-refractivity contribution in [1.29, 1.82) is 0 Å².